The second-order valence-corrected chi connectivity index (χ2v) is 5.26. The highest BCUT2D eigenvalue weighted by Crippen LogP contribution is 2.22. The summed E-state index contributed by atoms with van der Waals surface area (Å²) >= 11 is 0. The van der Waals surface area contributed by atoms with Gasteiger partial charge in [-0.2, -0.15) is 0 Å². The molecule has 1 aromatic rings. The van der Waals surface area contributed by atoms with Crippen molar-refractivity contribution >= 4 is 6.03 Å². The maximum absolute atomic E-state index is 11.9. The first-order valence-corrected chi connectivity index (χ1v) is 6.62. The van der Waals surface area contributed by atoms with Crippen LogP contribution in [-0.4, -0.2) is 19.2 Å². The van der Waals surface area contributed by atoms with Gasteiger partial charge in [0.1, 0.15) is 5.75 Å². The van der Waals surface area contributed by atoms with Crippen LogP contribution in [0.5, 0.6) is 5.75 Å². The standard InChI is InChI=1S/C15H24N2O2/c1-6-11(2)16-14(18)17-15(3,4)12-7-9-13(19-5)10-8-12/h7-11H,6H2,1-5H3,(H2,16,17,18). The predicted octanol–water partition coefficient (Wildman–Crippen LogP) is 3.03. The van der Waals surface area contributed by atoms with Gasteiger partial charge in [-0.25, -0.2) is 4.79 Å². The number of hydrogen-bond acceptors (Lipinski definition) is 2. The lowest BCUT2D eigenvalue weighted by molar-refractivity contribution is 0.226. The Morgan fingerprint density at radius 1 is 1.32 bits per heavy atom. The van der Waals surface area contributed by atoms with Gasteiger partial charge in [-0.05, 0) is 44.9 Å². The van der Waals surface area contributed by atoms with Gasteiger partial charge in [-0.1, -0.05) is 19.1 Å². The smallest absolute Gasteiger partial charge is 0.315 e. The van der Waals surface area contributed by atoms with Gasteiger partial charge in [-0.15, -0.1) is 0 Å². The summed E-state index contributed by atoms with van der Waals surface area (Å²) in [5.74, 6) is 0.809. The van der Waals surface area contributed by atoms with E-state index in [0.717, 1.165) is 17.7 Å². The lowest BCUT2D eigenvalue weighted by Gasteiger charge is -2.28. The summed E-state index contributed by atoms with van der Waals surface area (Å²) in [4.78, 5) is 11.9. The summed E-state index contributed by atoms with van der Waals surface area (Å²) in [6.45, 7) is 7.98. The van der Waals surface area contributed by atoms with E-state index in [1.807, 2.05) is 52.0 Å². The molecule has 0 saturated carbocycles. The second kappa shape index (κ2) is 6.45. The average molecular weight is 264 g/mol. The van der Waals surface area contributed by atoms with Crippen molar-refractivity contribution in [2.24, 2.45) is 0 Å². The van der Waals surface area contributed by atoms with Crippen LogP contribution in [0.2, 0.25) is 0 Å². The fourth-order valence-corrected chi connectivity index (χ4v) is 1.73. The molecule has 0 heterocycles. The first-order chi connectivity index (χ1) is 8.89. The van der Waals surface area contributed by atoms with Gasteiger partial charge in [0, 0.05) is 6.04 Å². The Balaban J connectivity index is 2.71. The molecule has 0 saturated heterocycles. The fraction of sp³-hybridized carbons (Fsp3) is 0.533. The maximum Gasteiger partial charge on any atom is 0.315 e. The van der Waals surface area contributed by atoms with Crippen LogP contribution < -0.4 is 15.4 Å². The number of carbonyl (C=O) groups is 1. The zero-order valence-electron chi connectivity index (χ0n) is 12.4. The predicted molar refractivity (Wildman–Crippen MR) is 77.4 cm³/mol. The van der Waals surface area contributed by atoms with Gasteiger partial charge < -0.3 is 15.4 Å². The molecule has 0 bridgehead atoms. The minimum absolute atomic E-state index is 0.143. The third-order valence-electron chi connectivity index (χ3n) is 3.23. The van der Waals surface area contributed by atoms with Crippen LogP contribution in [0.3, 0.4) is 0 Å². The van der Waals surface area contributed by atoms with E-state index in [0.29, 0.717) is 0 Å². The van der Waals surface area contributed by atoms with Crippen LogP contribution in [0, 0.1) is 0 Å². The van der Waals surface area contributed by atoms with Crippen molar-refractivity contribution in [3.63, 3.8) is 0 Å². The molecular weight excluding hydrogens is 240 g/mol. The molecular formula is C15H24N2O2. The Morgan fingerprint density at radius 3 is 2.37 bits per heavy atom. The molecule has 0 fully saturated rings. The molecule has 2 N–H and O–H groups in total. The molecule has 4 nitrogen and oxygen atoms in total. The summed E-state index contributed by atoms with van der Waals surface area (Å²) in [6, 6.07) is 7.74. The lowest BCUT2D eigenvalue weighted by Crippen LogP contribution is -2.48. The largest absolute Gasteiger partial charge is 0.497 e. The van der Waals surface area contributed by atoms with Crippen LogP contribution in [-0.2, 0) is 5.54 Å². The molecule has 0 aliphatic heterocycles. The molecule has 0 aliphatic carbocycles. The first kappa shape index (κ1) is 15.3. The zero-order chi connectivity index (χ0) is 14.5. The Hall–Kier alpha value is -1.71. The van der Waals surface area contributed by atoms with Crippen molar-refractivity contribution in [1.29, 1.82) is 0 Å². The van der Waals surface area contributed by atoms with Gasteiger partial charge in [0.2, 0.25) is 0 Å². The molecule has 2 amide bonds. The minimum Gasteiger partial charge on any atom is -0.497 e. The van der Waals surface area contributed by atoms with Gasteiger partial charge in [0.15, 0.2) is 0 Å². The molecule has 106 valence electrons. The Morgan fingerprint density at radius 2 is 1.89 bits per heavy atom. The number of nitrogens with one attached hydrogen (secondary N) is 2. The topological polar surface area (TPSA) is 50.4 Å². The summed E-state index contributed by atoms with van der Waals surface area (Å²) in [5, 5.41) is 5.89. The molecule has 0 radical (unpaired) electrons. The molecule has 4 heteroatoms. The van der Waals surface area contributed by atoms with E-state index in [4.69, 9.17) is 4.74 Å². The van der Waals surface area contributed by atoms with Crippen molar-refractivity contribution in [3.05, 3.63) is 29.8 Å². The monoisotopic (exact) mass is 264 g/mol. The SMILES string of the molecule is CCC(C)NC(=O)NC(C)(C)c1ccc(OC)cc1. The lowest BCUT2D eigenvalue weighted by atomic mass is 9.94. The third kappa shape index (κ3) is 4.47. The van der Waals surface area contributed by atoms with Gasteiger partial charge >= 0.3 is 6.03 Å². The van der Waals surface area contributed by atoms with E-state index in [-0.39, 0.29) is 12.1 Å². The molecule has 1 unspecified atom stereocenters. The number of urea groups is 1. The second-order valence-electron chi connectivity index (χ2n) is 5.26. The van der Waals surface area contributed by atoms with Crippen LogP contribution in [0.15, 0.2) is 24.3 Å². The molecule has 1 aromatic carbocycles. The molecule has 1 atom stereocenters. The molecule has 0 aromatic heterocycles. The highest BCUT2D eigenvalue weighted by molar-refractivity contribution is 5.75. The minimum atomic E-state index is -0.427. The number of ether oxygens (including phenoxy) is 1. The highest BCUT2D eigenvalue weighted by atomic mass is 16.5. The number of rotatable bonds is 5. The quantitative estimate of drug-likeness (QED) is 0.859. The number of hydrogen-bond donors (Lipinski definition) is 2. The molecule has 0 aliphatic rings. The van der Waals surface area contributed by atoms with Gasteiger partial charge in [0.05, 0.1) is 12.6 Å². The van der Waals surface area contributed by atoms with Crippen LogP contribution in [0.1, 0.15) is 39.7 Å². The third-order valence-corrected chi connectivity index (χ3v) is 3.23. The van der Waals surface area contributed by atoms with Crippen LogP contribution >= 0.6 is 0 Å². The Bertz CT molecular complexity index is 413. The first-order valence-electron chi connectivity index (χ1n) is 6.62. The summed E-state index contributed by atoms with van der Waals surface area (Å²) in [6.07, 6.45) is 0.913. The van der Waals surface area contributed by atoms with Crippen molar-refractivity contribution in [3.8, 4) is 5.75 Å². The van der Waals surface area contributed by atoms with E-state index in [9.17, 15) is 4.79 Å². The van der Waals surface area contributed by atoms with Gasteiger partial charge in [0.25, 0.3) is 0 Å². The fourth-order valence-electron chi connectivity index (χ4n) is 1.73. The number of benzene rings is 1. The average Bonchev–Trinajstić information content (AvgIpc) is 2.37. The van der Waals surface area contributed by atoms with Crippen molar-refractivity contribution < 1.29 is 9.53 Å². The van der Waals surface area contributed by atoms with Crippen molar-refractivity contribution in [2.45, 2.75) is 45.7 Å². The zero-order valence-corrected chi connectivity index (χ0v) is 12.4. The van der Waals surface area contributed by atoms with Crippen molar-refractivity contribution in [1.82, 2.24) is 10.6 Å². The molecule has 0 spiro atoms. The maximum atomic E-state index is 11.9. The Labute approximate surface area is 115 Å². The summed E-state index contributed by atoms with van der Waals surface area (Å²) in [7, 11) is 1.64. The number of methoxy groups -OCH3 is 1. The highest BCUT2D eigenvalue weighted by Gasteiger charge is 2.23. The summed E-state index contributed by atoms with van der Waals surface area (Å²) < 4.78 is 5.13. The van der Waals surface area contributed by atoms with Crippen LogP contribution in [0.25, 0.3) is 0 Å². The molecule has 1 rings (SSSR count). The Kier molecular flexibility index (Phi) is 5.21. The molecule has 19 heavy (non-hydrogen) atoms. The summed E-state index contributed by atoms with van der Waals surface area (Å²) in [5.41, 5.74) is 0.608. The van der Waals surface area contributed by atoms with E-state index in [1.165, 1.54) is 0 Å². The number of amides is 2. The van der Waals surface area contributed by atoms with Gasteiger partial charge in [-0.3, -0.25) is 0 Å². The van der Waals surface area contributed by atoms with E-state index >= 15 is 0 Å². The van der Waals surface area contributed by atoms with E-state index in [1.54, 1.807) is 7.11 Å². The van der Waals surface area contributed by atoms with Crippen LogP contribution in [0.4, 0.5) is 4.79 Å². The van der Waals surface area contributed by atoms with Crippen molar-refractivity contribution in [2.75, 3.05) is 7.11 Å². The number of carbonyl (C=O) groups excluding carboxylic acids is 1. The normalized spacial score (nSPS) is 12.7. The van der Waals surface area contributed by atoms with E-state index in [2.05, 4.69) is 10.6 Å². The van der Waals surface area contributed by atoms with E-state index < -0.39 is 5.54 Å².